The highest BCUT2D eigenvalue weighted by Gasteiger charge is 2.51. The van der Waals surface area contributed by atoms with Crippen LogP contribution in [0.15, 0.2) is 24.3 Å². The monoisotopic (exact) mass is 314 g/mol. The molecule has 6 heteroatoms. The van der Waals surface area contributed by atoms with Crippen molar-refractivity contribution in [3.8, 4) is 0 Å². The maximum atomic E-state index is 11.8. The Morgan fingerprint density at radius 2 is 1.91 bits per heavy atom. The smallest absolute Gasteiger partial charge is 0.317 e. The van der Waals surface area contributed by atoms with Gasteiger partial charge in [-0.1, -0.05) is 12.1 Å². The highest BCUT2D eigenvalue weighted by molar-refractivity contribution is 5.95. The molecule has 3 heterocycles. The van der Waals surface area contributed by atoms with E-state index in [2.05, 4.69) is 22.3 Å². The molecule has 4 rings (SSSR count). The molecular formula is C17H22N4O2. The molecule has 0 saturated carbocycles. The van der Waals surface area contributed by atoms with Crippen molar-refractivity contribution in [3.63, 3.8) is 0 Å². The van der Waals surface area contributed by atoms with E-state index in [1.807, 2.05) is 29.0 Å². The predicted molar refractivity (Wildman–Crippen MR) is 87.2 cm³/mol. The van der Waals surface area contributed by atoms with Crippen LogP contribution in [0.3, 0.4) is 0 Å². The summed E-state index contributed by atoms with van der Waals surface area (Å²) in [5.41, 5.74) is 2.23. The highest BCUT2D eigenvalue weighted by atomic mass is 16.2. The highest BCUT2D eigenvalue weighted by Crippen LogP contribution is 2.31. The van der Waals surface area contributed by atoms with Gasteiger partial charge in [-0.25, -0.2) is 4.79 Å². The minimum atomic E-state index is -0.0149. The number of rotatable bonds is 3. The van der Waals surface area contributed by atoms with E-state index in [1.54, 1.807) is 0 Å². The van der Waals surface area contributed by atoms with Gasteiger partial charge >= 0.3 is 6.03 Å². The summed E-state index contributed by atoms with van der Waals surface area (Å²) in [6.45, 7) is 4.29. The first-order valence-electron chi connectivity index (χ1n) is 8.21. The molecular weight excluding hydrogens is 292 g/mol. The molecule has 6 nitrogen and oxygen atoms in total. The molecule has 3 fully saturated rings. The Morgan fingerprint density at radius 1 is 1.17 bits per heavy atom. The third-order valence-electron chi connectivity index (χ3n) is 5.35. The summed E-state index contributed by atoms with van der Waals surface area (Å²) in [6.07, 6.45) is 1.62. The summed E-state index contributed by atoms with van der Waals surface area (Å²) in [6, 6.07) is 8.33. The maximum Gasteiger partial charge on any atom is 0.317 e. The molecule has 122 valence electrons. The molecule has 0 aromatic heterocycles. The second-order valence-corrected chi connectivity index (χ2v) is 6.90. The summed E-state index contributed by atoms with van der Waals surface area (Å²) in [7, 11) is 1.88. The lowest BCUT2D eigenvalue weighted by Gasteiger charge is -2.50. The minimum absolute atomic E-state index is 0.0149. The number of carbonyl (C=O) groups excluding carboxylic acids is 2. The van der Waals surface area contributed by atoms with Crippen LogP contribution < -0.4 is 10.2 Å². The van der Waals surface area contributed by atoms with Gasteiger partial charge in [-0.3, -0.25) is 9.69 Å². The van der Waals surface area contributed by atoms with Gasteiger partial charge in [0.1, 0.15) is 0 Å². The van der Waals surface area contributed by atoms with Crippen molar-refractivity contribution >= 4 is 17.6 Å². The van der Waals surface area contributed by atoms with Crippen LogP contribution in [0.25, 0.3) is 0 Å². The number of amides is 3. The lowest BCUT2D eigenvalue weighted by Crippen LogP contribution is -2.68. The molecule has 1 spiro atoms. The van der Waals surface area contributed by atoms with Gasteiger partial charge in [-0.2, -0.15) is 0 Å². The fourth-order valence-corrected chi connectivity index (χ4v) is 3.88. The van der Waals surface area contributed by atoms with Crippen LogP contribution in [0, 0.1) is 0 Å². The SMILES string of the molecule is CN1C(=O)NCC12CN(Cc1ccc(N3CCCC3=O)cc1)C2. The summed E-state index contributed by atoms with van der Waals surface area (Å²) in [4.78, 5) is 29.4. The molecule has 3 aliphatic rings. The van der Waals surface area contributed by atoms with Crippen molar-refractivity contribution in [1.29, 1.82) is 0 Å². The first kappa shape index (κ1) is 14.5. The van der Waals surface area contributed by atoms with E-state index in [0.717, 1.165) is 44.8 Å². The molecule has 0 bridgehead atoms. The average Bonchev–Trinajstić information content (AvgIpc) is 3.06. The van der Waals surface area contributed by atoms with Crippen LogP contribution in [0.2, 0.25) is 0 Å². The Labute approximate surface area is 136 Å². The maximum absolute atomic E-state index is 11.8. The normalized spacial score (nSPS) is 23.5. The molecule has 1 N–H and O–H groups in total. The summed E-state index contributed by atoms with van der Waals surface area (Å²) in [5.74, 6) is 0.226. The summed E-state index contributed by atoms with van der Waals surface area (Å²) in [5, 5.41) is 2.91. The van der Waals surface area contributed by atoms with Gasteiger partial charge in [0.25, 0.3) is 0 Å². The zero-order valence-electron chi connectivity index (χ0n) is 13.4. The lowest BCUT2D eigenvalue weighted by molar-refractivity contribution is -0.117. The van der Waals surface area contributed by atoms with Gasteiger partial charge in [0.05, 0.1) is 5.54 Å². The van der Waals surface area contributed by atoms with E-state index in [9.17, 15) is 9.59 Å². The van der Waals surface area contributed by atoms with Crippen molar-refractivity contribution in [2.24, 2.45) is 0 Å². The largest absolute Gasteiger partial charge is 0.336 e. The topological polar surface area (TPSA) is 55.9 Å². The zero-order valence-corrected chi connectivity index (χ0v) is 13.4. The lowest BCUT2D eigenvalue weighted by atomic mass is 9.89. The molecule has 3 amide bonds. The molecule has 3 saturated heterocycles. The van der Waals surface area contributed by atoms with Crippen molar-refractivity contribution in [2.75, 3.05) is 38.1 Å². The molecule has 23 heavy (non-hydrogen) atoms. The number of likely N-dealkylation sites (tertiary alicyclic amines) is 1. The van der Waals surface area contributed by atoms with Crippen LogP contribution in [0.4, 0.5) is 10.5 Å². The molecule has 3 aliphatic heterocycles. The van der Waals surface area contributed by atoms with Crippen LogP contribution in [0.5, 0.6) is 0 Å². The van der Waals surface area contributed by atoms with Crippen LogP contribution in [-0.4, -0.2) is 60.5 Å². The standard InChI is InChI=1S/C17H22N4O2/c1-19-16(23)18-10-17(19)11-20(12-17)9-13-4-6-14(7-5-13)21-8-2-3-15(21)22/h4-7H,2-3,8-12H2,1H3,(H,18,23). The Morgan fingerprint density at radius 3 is 2.48 bits per heavy atom. The summed E-state index contributed by atoms with van der Waals surface area (Å²) < 4.78 is 0. The molecule has 1 aromatic rings. The Balaban J connectivity index is 1.36. The van der Waals surface area contributed by atoms with E-state index in [-0.39, 0.29) is 17.5 Å². The Kier molecular flexibility index (Phi) is 3.30. The number of hydrogen-bond donors (Lipinski definition) is 1. The number of hydrogen-bond acceptors (Lipinski definition) is 3. The molecule has 0 aliphatic carbocycles. The van der Waals surface area contributed by atoms with Gasteiger partial charge in [-0.15, -0.1) is 0 Å². The predicted octanol–water partition coefficient (Wildman–Crippen LogP) is 1.02. The third kappa shape index (κ3) is 2.37. The van der Waals surface area contributed by atoms with E-state index < -0.39 is 0 Å². The number of anilines is 1. The molecule has 0 unspecified atom stereocenters. The number of nitrogens with zero attached hydrogens (tertiary/aromatic N) is 3. The number of carbonyl (C=O) groups is 2. The quantitative estimate of drug-likeness (QED) is 0.906. The van der Waals surface area contributed by atoms with E-state index >= 15 is 0 Å². The van der Waals surface area contributed by atoms with Crippen molar-refractivity contribution < 1.29 is 9.59 Å². The molecule has 0 atom stereocenters. The molecule has 0 radical (unpaired) electrons. The fraction of sp³-hybridized carbons (Fsp3) is 0.529. The summed E-state index contributed by atoms with van der Waals surface area (Å²) >= 11 is 0. The van der Waals surface area contributed by atoms with Gasteiger partial charge < -0.3 is 15.1 Å². The van der Waals surface area contributed by atoms with Gasteiger partial charge in [-0.05, 0) is 24.1 Å². The van der Waals surface area contributed by atoms with Gasteiger partial charge in [0, 0.05) is 51.9 Å². The van der Waals surface area contributed by atoms with E-state index in [4.69, 9.17) is 0 Å². The first-order valence-corrected chi connectivity index (χ1v) is 8.21. The van der Waals surface area contributed by atoms with E-state index in [1.165, 1.54) is 5.56 Å². The van der Waals surface area contributed by atoms with Crippen molar-refractivity contribution in [3.05, 3.63) is 29.8 Å². The Hall–Kier alpha value is -2.08. The van der Waals surface area contributed by atoms with Crippen molar-refractivity contribution in [2.45, 2.75) is 24.9 Å². The average molecular weight is 314 g/mol. The number of urea groups is 1. The number of benzene rings is 1. The third-order valence-corrected chi connectivity index (χ3v) is 5.35. The van der Waals surface area contributed by atoms with Gasteiger partial charge in [0.2, 0.25) is 5.91 Å². The Bertz CT molecular complexity index is 636. The van der Waals surface area contributed by atoms with Crippen LogP contribution in [0.1, 0.15) is 18.4 Å². The molecule has 1 aromatic carbocycles. The van der Waals surface area contributed by atoms with Gasteiger partial charge in [0.15, 0.2) is 0 Å². The van der Waals surface area contributed by atoms with Crippen LogP contribution >= 0.6 is 0 Å². The van der Waals surface area contributed by atoms with E-state index in [0.29, 0.717) is 6.42 Å². The zero-order chi connectivity index (χ0) is 16.0. The minimum Gasteiger partial charge on any atom is -0.336 e. The first-order chi connectivity index (χ1) is 11.1. The van der Waals surface area contributed by atoms with Crippen LogP contribution in [-0.2, 0) is 11.3 Å². The number of likely N-dealkylation sites (N-methyl/N-ethyl adjacent to an activating group) is 1. The fourth-order valence-electron chi connectivity index (χ4n) is 3.88. The van der Waals surface area contributed by atoms with Crippen molar-refractivity contribution in [1.82, 2.24) is 15.1 Å². The number of nitrogens with one attached hydrogen (secondary N) is 1. The second kappa shape index (κ2) is 5.23. The second-order valence-electron chi connectivity index (χ2n) is 6.90.